The lowest BCUT2D eigenvalue weighted by atomic mass is 10.3. The van der Waals surface area contributed by atoms with Gasteiger partial charge < -0.3 is 5.11 Å². The number of carbonyl (C=O) groups is 1. The van der Waals surface area contributed by atoms with E-state index in [2.05, 4.69) is 10.1 Å². The molecule has 0 radical (unpaired) electrons. The molecule has 6 heteroatoms. The van der Waals surface area contributed by atoms with E-state index in [9.17, 15) is 9.59 Å². The Morgan fingerprint density at radius 1 is 1.44 bits per heavy atom. The molecule has 0 aliphatic carbocycles. The minimum absolute atomic E-state index is 0.0485. The first-order valence-electron chi connectivity index (χ1n) is 5.29. The molecule has 0 bridgehead atoms. The summed E-state index contributed by atoms with van der Waals surface area (Å²) < 4.78 is 1.24. The fraction of sp³-hybridized carbons (Fsp3) is 0.167. The average Bonchev–Trinajstić information content (AvgIpc) is 2.33. The van der Waals surface area contributed by atoms with E-state index < -0.39 is 5.97 Å². The SMILES string of the molecule is Cc1cnn(Cc2cccc(C(=O)O)n2)c(=O)c1. The van der Waals surface area contributed by atoms with Crippen molar-refractivity contribution in [3.8, 4) is 0 Å². The molecule has 0 spiro atoms. The van der Waals surface area contributed by atoms with Crippen molar-refractivity contribution < 1.29 is 9.90 Å². The van der Waals surface area contributed by atoms with Gasteiger partial charge in [0.2, 0.25) is 0 Å². The highest BCUT2D eigenvalue weighted by molar-refractivity contribution is 5.85. The Bertz CT molecular complexity index is 649. The normalized spacial score (nSPS) is 10.3. The van der Waals surface area contributed by atoms with Crippen LogP contribution in [-0.2, 0) is 6.54 Å². The van der Waals surface area contributed by atoms with Gasteiger partial charge in [-0.25, -0.2) is 14.5 Å². The zero-order valence-electron chi connectivity index (χ0n) is 9.70. The number of carboxylic acids is 1. The van der Waals surface area contributed by atoms with Crippen molar-refractivity contribution in [2.24, 2.45) is 0 Å². The molecule has 0 amide bonds. The second-order valence-corrected chi connectivity index (χ2v) is 3.85. The summed E-state index contributed by atoms with van der Waals surface area (Å²) in [5.74, 6) is -1.10. The Labute approximate surface area is 103 Å². The van der Waals surface area contributed by atoms with Gasteiger partial charge >= 0.3 is 5.97 Å². The van der Waals surface area contributed by atoms with E-state index in [0.29, 0.717) is 5.69 Å². The predicted molar refractivity (Wildman–Crippen MR) is 63.5 cm³/mol. The van der Waals surface area contributed by atoms with Crippen molar-refractivity contribution in [2.75, 3.05) is 0 Å². The summed E-state index contributed by atoms with van der Waals surface area (Å²) in [5.41, 5.74) is 0.974. The molecule has 2 heterocycles. The average molecular weight is 245 g/mol. The predicted octanol–water partition coefficient (Wildman–Crippen LogP) is 0.693. The molecule has 0 aliphatic rings. The van der Waals surface area contributed by atoms with Crippen LogP contribution in [0.1, 0.15) is 21.7 Å². The van der Waals surface area contributed by atoms with Crippen LogP contribution in [0.3, 0.4) is 0 Å². The van der Waals surface area contributed by atoms with E-state index in [1.165, 1.54) is 16.8 Å². The number of hydrogen-bond donors (Lipinski definition) is 1. The smallest absolute Gasteiger partial charge is 0.354 e. The molecule has 0 aliphatic heterocycles. The molecule has 0 fully saturated rings. The number of pyridine rings is 1. The second kappa shape index (κ2) is 4.79. The van der Waals surface area contributed by atoms with Gasteiger partial charge in [0.15, 0.2) is 0 Å². The molecule has 6 nitrogen and oxygen atoms in total. The number of aromatic nitrogens is 3. The van der Waals surface area contributed by atoms with Crippen LogP contribution in [0.5, 0.6) is 0 Å². The molecule has 2 aromatic rings. The van der Waals surface area contributed by atoms with Gasteiger partial charge in [-0.05, 0) is 24.6 Å². The summed E-state index contributed by atoms with van der Waals surface area (Å²) in [6.07, 6.45) is 1.57. The van der Waals surface area contributed by atoms with E-state index in [-0.39, 0.29) is 17.8 Å². The van der Waals surface area contributed by atoms with Crippen LogP contribution in [0, 0.1) is 6.92 Å². The minimum Gasteiger partial charge on any atom is -0.477 e. The summed E-state index contributed by atoms with van der Waals surface area (Å²) in [5, 5.41) is 12.8. The number of carboxylic acid groups (broad SMARTS) is 1. The van der Waals surface area contributed by atoms with Crippen molar-refractivity contribution in [2.45, 2.75) is 13.5 Å². The zero-order valence-corrected chi connectivity index (χ0v) is 9.70. The molecule has 0 unspecified atom stereocenters. The van der Waals surface area contributed by atoms with E-state index in [1.807, 2.05) is 0 Å². The van der Waals surface area contributed by atoms with Gasteiger partial charge in [-0.3, -0.25) is 4.79 Å². The lowest BCUT2D eigenvalue weighted by Gasteiger charge is -2.04. The van der Waals surface area contributed by atoms with Gasteiger partial charge in [0.1, 0.15) is 5.69 Å². The molecule has 0 saturated heterocycles. The van der Waals surface area contributed by atoms with Gasteiger partial charge in [-0.1, -0.05) is 6.07 Å². The maximum absolute atomic E-state index is 11.6. The first kappa shape index (κ1) is 12.0. The maximum Gasteiger partial charge on any atom is 0.354 e. The van der Waals surface area contributed by atoms with Gasteiger partial charge in [-0.2, -0.15) is 5.10 Å². The first-order chi connectivity index (χ1) is 8.56. The van der Waals surface area contributed by atoms with Crippen LogP contribution in [0.25, 0.3) is 0 Å². The van der Waals surface area contributed by atoms with Crippen molar-refractivity contribution >= 4 is 5.97 Å². The molecule has 0 saturated carbocycles. The summed E-state index contributed by atoms with van der Waals surface area (Å²) in [4.78, 5) is 26.3. The Morgan fingerprint density at radius 2 is 2.22 bits per heavy atom. The standard InChI is InChI=1S/C12H11N3O3/c1-8-5-11(16)15(13-6-8)7-9-3-2-4-10(14-9)12(17)18/h2-6H,7H2,1H3,(H,17,18). The summed E-state index contributed by atoms with van der Waals surface area (Å²) in [7, 11) is 0. The number of rotatable bonds is 3. The van der Waals surface area contributed by atoms with Crippen LogP contribution >= 0.6 is 0 Å². The topological polar surface area (TPSA) is 85.1 Å². The Balaban J connectivity index is 2.31. The highest BCUT2D eigenvalue weighted by Crippen LogP contribution is 2.01. The van der Waals surface area contributed by atoms with Crippen LogP contribution < -0.4 is 5.56 Å². The Hall–Kier alpha value is -2.50. The molecule has 92 valence electrons. The highest BCUT2D eigenvalue weighted by atomic mass is 16.4. The minimum atomic E-state index is -1.10. The maximum atomic E-state index is 11.6. The lowest BCUT2D eigenvalue weighted by Crippen LogP contribution is -2.23. The summed E-state index contributed by atoms with van der Waals surface area (Å²) in [6, 6.07) is 6.11. The van der Waals surface area contributed by atoms with Crippen LogP contribution in [0.15, 0.2) is 35.3 Å². The van der Waals surface area contributed by atoms with Gasteiger partial charge in [0.05, 0.1) is 18.4 Å². The van der Waals surface area contributed by atoms with Crippen LogP contribution in [0.4, 0.5) is 0 Å². The number of aromatic carboxylic acids is 1. The Morgan fingerprint density at radius 3 is 2.89 bits per heavy atom. The molecule has 0 atom stereocenters. The third-order valence-corrected chi connectivity index (χ3v) is 2.34. The zero-order chi connectivity index (χ0) is 13.1. The molecular formula is C12H11N3O3. The summed E-state index contributed by atoms with van der Waals surface area (Å²) in [6.45, 7) is 1.93. The molecule has 0 aromatic carbocycles. The third kappa shape index (κ3) is 2.60. The highest BCUT2D eigenvalue weighted by Gasteiger charge is 2.06. The van der Waals surface area contributed by atoms with Crippen molar-refractivity contribution in [1.29, 1.82) is 0 Å². The van der Waals surface area contributed by atoms with E-state index in [4.69, 9.17) is 5.11 Å². The van der Waals surface area contributed by atoms with E-state index >= 15 is 0 Å². The number of nitrogens with zero attached hydrogens (tertiary/aromatic N) is 3. The van der Waals surface area contributed by atoms with Crippen LogP contribution in [-0.4, -0.2) is 25.8 Å². The van der Waals surface area contributed by atoms with Gasteiger partial charge in [-0.15, -0.1) is 0 Å². The molecule has 2 rings (SSSR count). The second-order valence-electron chi connectivity index (χ2n) is 3.85. The van der Waals surface area contributed by atoms with Gasteiger partial charge in [0, 0.05) is 6.07 Å². The van der Waals surface area contributed by atoms with Crippen molar-refractivity contribution in [3.63, 3.8) is 0 Å². The largest absolute Gasteiger partial charge is 0.477 e. The van der Waals surface area contributed by atoms with Crippen molar-refractivity contribution in [1.82, 2.24) is 14.8 Å². The molecule has 18 heavy (non-hydrogen) atoms. The Kier molecular flexibility index (Phi) is 3.18. The third-order valence-electron chi connectivity index (χ3n) is 2.34. The van der Waals surface area contributed by atoms with E-state index in [1.54, 1.807) is 25.3 Å². The number of hydrogen-bond acceptors (Lipinski definition) is 4. The lowest BCUT2D eigenvalue weighted by molar-refractivity contribution is 0.0690. The first-order valence-corrected chi connectivity index (χ1v) is 5.29. The van der Waals surface area contributed by atoms with Crippen molar-refractivity contribution in [3.05, 3.63) is 57.8 Å². The van der Waals surface area contributed by atoms with Gasteiger partial charge in [0.25, 0.3) is 5.56 Å². The fourth-order valence-corrected chi connectivity index (χ4v) is 1.48. The molecule has 2 aromatic heterocycles. The van der Waals surface area contributed by atoms with E-state index in [0.717, 1.165) is 5.56 Å². The quantitative estimate of drug-likeness (QED) is 0.860. The van der Waals surface area contributed by atoms with Crippen LogP contribution in [0.2, 0.25) is 0 Å². The summed E-state index contributed by atoms with van der Waals surface area (Å²) >= 11 is 0. The fourth-order valence-electron chi connectivity index (χ4n) is 1.48. The molecule has 1 N–H and O–H groups in total. The monoisotopic (exact) mass is 245 g/mol. The number of aryl methyl sites for hydroxylation is 1. The molecular weight excluding hydrogens is 234 g/mol.